The van der Waals surface area contributed by atoms with Gasteiger partial charge in [0.2, 0.25) is 11.2 Å². The third-order valence-corrected chi connectivity index (χ3v) is 6.66. The van der Waals surface area contributed by atoms with Crippen LogP contribution in [0.15, 0.2) is 87.4 Å². The van der Waals surface area contributed by atoms with E-state index in [9.17, 15) is 9.59 Å². The van der Waals surface area contributed by atoms with Crippen molar-refractivity contribution in [3.8, 4) is 34.1 Å². The maximum Gasteiger partial charge on any atom is 0.266 e. The van der Waals surface area contributed by atoms with Crippen molar-refractivity contribution in [3.05, 3.63) is 93.4 Å². The van der Waals surface area contributed by atoms with Gasteiger partial charge in [0.1, 0.15) is 11.3 Å². The van der Waals surface area contributed by atoms with Crippen LogP contribution in [0.4, 0.5) is 5.13 Å². The van der Waals surface area contributed by atoms with Gasteiger partial charge in [0.25, 0.3) is 5.91 Å². The molecule has 0 saturated heterocycles. The third-order valence-electron chi connectivity index (χ3n) is 5.65. The molecule has 0 spiro atoms. The van der Waals surface area contributed by atoms with Crippen LogP contribution in [0.3, 0.4) is 0 Å². The van der Waals surface area contributed by atoms with Gasteiger partial charge >= 0.3 is 0 Å². The topological polar surface area (TPSA) is 90.7 Å². The van der Waals surface area contributed by atoms with E-state index >= 15 is 0 Å². The fourth-order valence-corrected chi connectivity index (χ4v) is 4.53. The predicted octanol–water partition coefficient (Wildman–Crippen LogP) is 6.65. The second-order valence-corrected chi connectivity index (χ2v) is 9.40. The molecule has 0 fully saturated rings. The number of halogens is 1. The Balaban J connectivity index is 1.42. The van der Waals surface area contributed by atoms with Crippen LogP contribution in [0.5, 0.6) is 11.5 Å². The molecule has 1 N–H and O–H groups in total. The van der Waals surface area contributed by atoms with Crippen LogP contribution in [-0.4, -0.2) is 24.1 Å². The molecule has 2 heterocycles. The van der Waals surface area contributed by atoms with Crippen molar-refractivity contribution in [3.63, 3.8) is 0 Å². The highest BCUT2D eigenvalue weighted by molar-refractivity contribution is 7.14. The molecule has 3 aromatic carbocycles. The van der Waals surface area contributed by atoms with Crippen LogP contribution < -0.4 is 20.2 Å². The summed E-state index contributed by atoms with van der Waals surface area (Å²) in [7, 11) is 1.57. The summed E-state index contributed by atoms with van der Waals surface area (Å²) < 4.78 is 17.3. The molecule has 5 aromatic rings. The number of hydrogen-bond donors (Lipinski definition) is 1. The van der Waals surface area contributed by atoms with Crippen molar-refractivity contribution in [2.24, 2.45) is 0 Å². The molecule has 0 saturated carbocycles. The number of benzene rings is 3. The zero-order valence-corrected chi connectivity index (χ0v) is 21.4. The van der Waals surface area contributed by atoms with Crippen LogP contribution in [0.1, 0.15) is 6.92 Å². The van der Waals surface area contributed by atoms with E-state index in [1.807, 2.05) is 17.5 Å². The summed E-state index contributed by atoms with van der Waals surface area (Å²) in [5, 5.41) is 6.00. The number of methoxy groups -OCH3 is 1. The van der Waals surface area contributed by atoms with Gasteiger partial charge in [-0.05, 0) is 55.5 Å². The number of para-hydroxylation sites is 1. The predicted molar refractivity (Wildman–Crippen MR) is 146 cm³/mol. The first-order valence-electron chi connectivity index (χ1n) is 11.3. The Labute approximate surface area is 221 Å². The van der Waals surface area contributed by atoms with Crippen LogP contribution >= 0.6 is 22.9 Å². The van der Waals surface area contributed by atoms with Gasteiger partial charge in [0, 0.05) is 21.5 Å². The van der Waals surface area contributed by atoms with E-state index in [0.29, 0.717) is 38.1 Å². The van der Waals surface area contributed by atoms with Crippen LogP contribution in [0.2, 0.25) is 5.02 Å². The van der Waals surface area contributed by atoms with Gasteiger partial charge in [-0.2, -0.15) is 0 Å². The lowest BCUT2D eigenvalue weighted by molar-refractivity contribution is -0.122. The summed E-state index contributed by atoms with van der Waals surface area (Å²) in [4.78, 5) is 30.8. The number of amides is 1. The van der Waals surface area contributed by atoms with Gasteiger partial charge in [0.05, 0.1) is 18.2 Å². The molecule has 2 aromatic heterocycles. The highest BCUT2D eigenvalue weighted by Crippen LogP contribution is 2.33. The number of fused-ring (bicyclic) bond motifs is 1. The highest BCUT2D eigenvalue weighted by Gasteiger charge is 2.24. The normalized spacial score (nSPS) is 11.8. The fraction of sp³-hybridized carbons (Fsp3) is 0.107. The molecule has 5 rings (SSSR count). The Kier molecular flexibility index (Phi) is 6.94. The average molecular weight is 533 g/mol. The summed E-state index contributed by atoms with van der Waals surface area (Å²) in [5.74, 6) is 0.381. The molecular weight excluding hydrogens is 512 g/mol. The molecule has 37 heavy (non-hydrogen) atoms. The lowest BCUT2D eigenvalue weighted by atomic mass is 10.1. The lowest BCUT2D eigenvalue weighted by Gasteiger charge is -2.16. The molecular formula is C28H21ClN2O5S. The third kappa shape index (κ3) is 5.21. The molecule has 1 unspecified atom stereocenters. The molecule has 1 amide bonds. The number of nitrogens with one attached hydrogen (secondary N) is 1. The number of nitrogens with zero attached hydrogens (tertiary/aromatic N) is 1. The summed E-state index contributed by atoms with van der Waals surface area (Å²) in [6.07, 6.45) is -1.01. The number of hydrogen-bond acceptors (Lipinski definition) is 7. The maximum absolute atomic E-state index is 13.4. The highest BCUT2D eigenvalue weighted by atomic mass is 35.5. The molecule has 186 valence electrons. The molecule has 0 aliphatic rings. The number of carbonyl (C=O) groups excluding carboxylic acids is 1. The Morgan fingerprint density at radius 2 is 1.73 bits per heavy atom. The number of thiazole rings is 1. The van der Waals surface area contributed by atoms with Crippen LogP contribution in [-0.2, 0) is 4.79 Å². The second-order valence-electron chi connectivity index (χ2n) is 8.11. The number of carbonyl (C=O) groups is 1. The van der Waals surface area contributed by atoms with Gasteiger partial charge in [-0.3, -0.25) is 14.9 Å². The second kappa shape index (κ2) is 10.5. The largest absolute Gasteiger partial charge is 0.497 e. The number of aromatic nitrogens is 1. The minimum absolute atomic E-state index is 0.0486. The first-order valence-corrected chi connectivity index (χ1v) is 12.6. The monoisotopic (exact) mass is 532 g/mol. The van der Waals surface area contributed by atoms with Gasteiger partial charge in [-0.25, -0.2) is 4.98 Å². The smallest absolute Gasteiger partial charge is 0.266 e. The van der Waals surface area contributed by atoms with Gasteiger partial charge in [-0.1, -0.05) is 35.9 Å². The Morgan fingerprint density at radius 3 is 2.46 bits per heavy atom. The van der Waals surface area contributed by atoms with Crippen molar-refractivity contribution in [1.82, 2.24) is 4.98 Å². The first kappa shape index (κ1) is 24.5. The van der Waals surface area contributed by atoms with Crippen molar-refractivity contribution in [2.75, 3.05) is 12.4 Å². The number of ether oxygens (including phenoxy) is 2. The van der Waals surface area contributed by atoms with E-state index in [1.165, 1.54) is 11.3 Å². The standard InChI is InChI=1S/C28H21ClN2O5S/c1-16(27(33)31-28-30-22(15-37-28)17-7-11-19(29)12-8-17)35-26-24(32)21-5-3-4-6-23(21)36-25(26)18-9-13-20(34-2)14-10-18/h3-16H,1-2H3,(H,30,31,33). The fourth-order valence-electron chi connectivity index (χ4n) is 3.69. The molecule has 0 aliphatic carbocycles. The first-order chi connectivity index (χ1) is 17.9. The van der Waals surface area contributed by atoms with Crippen molar-refractivity contribution in [2.45, 2.75) is 13.0 Å². The number of anilines is 1. The van der Waals surface area contributed by atoms with E-state index in [-0.39, 0.29) is 16.9 Å². The van der Waals surface area contributed by atoms with E-state index in [0.717, 1.165) is 5.56 Å². The molecule has 0 aliphatic heterocycles. The minimum atomic E-state index is -1.01. The van der Waals surface area contributed by atoms with Crippen molar-refractivity contribution >= 4 is 44.9 Å². The summed E-state index contributed by atoms with van der Waals surface area (Å²) >= 11 is 7.24. The Morgan fingerprint density at radius 1 is 1.03 bits per heavy atom. The molecule has 9 heteroatoms. The summed E-state index contributed by atoms with van der Waals surface area (Å²) in [6, 6.07) is 21.2. The molecule has 0 bridgehead atoms. The maximum atomic E-state index is 13.4. The minimum Gasteiger partial charge on any atom is -0.497 e. The Hall–Kier alpha value is -4.14. The van der Waals surface area contributed by atoms with E-state index in [2.05, 4.69) is 10.3 Å². The van der Waals surface area contributed by atoms with E-state index in [1.54, 1.807) is 74.7 Å². The van der Waals surface area contributed by atoms with Gasteiger partial charge in [-0.15, -0.1) is 11.3 Å². The zero-order chi connectivity index (χ0) is 25.9. The average Bonchev–Trinajstić information content (AvgIpc) is 3.39. The van der Waals surface area contributed by atoms with Gasteiger partial charge < -0.3 is 13.9 Å². The van der Waals surface area contributed by atoms with Crippen LogP contribution in [0, 0.1) is 0 Å². The van der Waals surface area contributed by atoms with E-state index in [4.69, 9.17) is 25.5 Å². The molecule has 0 radical (unpaired) electrons. The summed E-state index contributed by atoms with van der Waals surface area (Å²) in [5.41, 5.74) is 2.25. The van der Waals surface area contributed by atoms with Gasteiger partial charge in [0.15, 0.2) is 17.0 Å². The summed E-state index contributed by atoms with van der Waals surface area (Å²) in [6.45, 7) is 1.56. The van der Waals surface area contributed by atoms with E-state index < -0.39 is 12.0 Å². The van der Waals surface area contributed by atoms with Crippen molar-refractivity contribution in [1.29, 1.82) is 0 Å². The Bertz CT molecular complexity index is 1630. The van der Waals surface area contributed by atoms with Crippen LogP contribution in [0.25, 0.3) is 33.6 Å². The lowest BCUT2D eigenvalue weighted by Crippen LogP contribution is -2.31. The zero-order valence-electron chi connectivity index (χ0n) is 19.9. The quantitative estimate of drug-likeness (QED) is 0.252. The van der Waals surface area contributed by atoms with Crippen molar-refractivity contribution < 1.29 is 18.7 Å². The molecule has 1 atom stereocenters. The number of rotatable bonds is 7. The molecule has 7 nitrogen and oxygen atoms in total. The SMILES string of the molecule is COc1ccc(-c2oc3ccccc3c(=O)c2OC(C)C(=O)Nc2nc(-c3ccc(Cl)cc3)cs2)cc1.